The fraction of sp³-hybridized carbons (Fsp3) is 0.176. The molecule has 0 spiro atoms. The van der Waals surface area contributed by atoms with E-state index in [2.05, 4.69) is 25.8 Å². The van der Waals surface area contributed by atoms with E-state index in [9.17, 15) is 4.79 Å². The molecule has 0 saturated heterocycles. The fourth-order valence-corrected chi connectivity index (χ4v) is 2.16. The molecule has 0 bridgehead atoms. The zero-order valence-electron chi connectivity index (χ0n) is 14.4. The van der Waals surface area contributed by atoms with Crippen LogP contribution in [-0.2, 0) is 0 Å². The van der Waals surface area contributed by atoms with Crippen molar-refractivity contribution in [1.82, 2.24) is 15.1 Å². The van der Waals surface area contributed by atoms with Crippen molar-refractivity contribution in [2.24, 2.45) is 0 Å². The second kappa shape index (κ2) is 7.51. The Labute approximate surface area is 149 Å². The maximum absolute atomic E-state index is 12.4. The van der Waals surface area contributed by atoms with E-state index >= 15 is 0 Å². The summed E-state index contributed by atoms with van der Waals surface area (Å²) in [5.41, 5.74) is 0.772. The number of ether oxygens (including phenoxy) is 2. The van der Waals surface area contributed by atoms with Crippen molar-refractivity contribution in [2.75, 3.05) is 24.9 Å². The minimum atomic E-state index is -0.375. The first-order valence-corrected chi connectivity index (χ1v) is 7.65. The molecule has 26 heavy (non-hydrogen) atoms. The van der Waals surface area contributed by atoms with Gasteiger partial charge in [-0.2, -0.15) is 0 Å². The number of aromatic nitrogens is 3. The number of anilines is 3. The van der Waals surface area contributed by atoms with Gasteiger partial charge in [0, 0.05) is 24.5 Å². The van der Waals surface area contributed by atoms with Crippen LogP contribution in [0.4, 0.5) is 17.5 Å². The molecule has 0 fully saturated rings. The molecular weight excluding hydrogens is 338 g/mol. The molecule has 0 unspecified atom stereocenters. The topological polar surface area (TPSA) is 111 Å². The van der Waals surface area contributed by atoms with Crippen molar-refractivity contribution in [3.63, 3.8) is 0 Å². The Hall–Kier alpha value is -3.62. The number of hydrogen-bond donors (Lipinski definition) is 2. The van der Waals surface area contributed by atoms with E-state index in [0.29, 0.717) is 34.7 Å². The van der Waals surface area contributed by atoms with Crippen molar-refractivity contribution in [3.8, 4) is 11.5 Å². The van der Waals surface area contributed by atoms with Crippen molar-refractivity contribution in [3.05, 3.63) is 48.0 Å². The molecule has 0 saturated carbocycles. The van der Waals surface area contributed by atoms with Gasteiger partial charge in [0.05, 0.1) is 25.5 Å². The molecular formula is C17H17N5O4. The Kier molecular flexibility index (Phi) is 4.97. The van der Waals surface area contributed by atoms with Crippen LogP contribution in [0.15, 0.2) is 41.2 Å². The summed E-state index contributed by atoms with van der Waals surface area (Å²) in [6.45, 7) is 1.78. The first-order chi connectivity index (χ1) is 12.6. The average Bonchev–Trinajstić information content (AvgIpc) is 3.07. The second-order valence-corrected chi connectivity index (χ2v) is 5.26. The summed E-state index contributed by atoms with van der Waals surface area (Å²) >= 11 is 0. The number of nitrogens with zero attached hydrogens (tertiary/aromatic N) is 3. The Balaban J connectivity index is 1.72. The monoisotopic (exact) mass is 355 g/mol. The van der Waals surface area contributed by atoms with Crippen LogP contribution in [0.1, 0.15) is 16.1 Å². The Bertz CT molecular complexity index is 908. The van der Waals surface area contributed by atoms with Gasteiger partial charge in [-0.05, 0) is 19.1 Å². The maximum atomic E-state index is 12.4. The lowest BCUT2D eigenvalue weighted by Crippen LogP contribution is -2.14. The zero-order valence-corrected chi connectivity index (χ0v) is 14.4. The predicted octanol–water partition coefficient (Wildman–Crippen LogP) is 2.79. The van der Waals surface area contributed by atoms with Crippen LogP contribution in [0, 0.1) is 6.92 Å². The highest BCUT2D eigenvalue weighted by molar-refractivity contribution is 6.04. The lowest BCUT2D eigenvalue weighted by atomic mass is 10.2. The number of rotatable bonds is 6. The molecule has 2 aromatic heterocycles. The van der Waals surface area contributed by atoms with Crippen LogP contribution in [0.2, 0.25) is 0 Å². The molecule has 0 aliphatic heterocycles. The highest BCUT2D eigenvalue weighted by atomic mass is 16.5. The van der Waals surface area contributed by atoms with Crippen molar-refractivity contribution < 1.29 is 18.8 Å². The van der Waals surface area contributed by atoms with E-state index < -0.39 is 0 Å². The summed E-state index contributed by atoms with van der Waals surface area (Å²) in [5, 5.41) is 9.42. The van der Waals surface area contributed by atoms with Gasteiger partial charge in [0.2, 0.25) is 5.95 Å². The molecule has 9 heteroatoms. The predicted molar refractivity (Wildman–Crippen MR) is 94.1 cm³/mol. The molecule has 2 N–H and O–H groups in total. The summed E-state index contributed by atoms with van der Waals surface area (Å²) in [6.07, 6.45) is 2.81. The smallest absolute Gasteiger partial charge is 0.258 e. The van der Waals surface area contributed by atoms with Gasteiger partial charge < -0.3 is 24.6 Å². The third-order valence-electron chi connectivity index (χ3n) is 3.44. The van der Waals surface area contributed by atoms with E-state index in [4.69, 9.17) is 14.0 Å². The van der Waals surface area contributed by atoms with Crippen molar-refractivity contribution in [1.29, 1.82) is 0 Å². The molecule has 1 amide bonds. The van der Waals surface area contributed by atoms with E-state index in [0.717, 1.165) is 0 Å². The Morgan fingerprint density at radius 2 is 1.88 bits per heavy atom. The molecule has 134 valence electrons. The lowest BCUT2D eigenvalue weighted by Gasteiger charge is -2.11. The van der Waals surface area contributed by atoms with Gasteiger partial charge in [0.1, 0.15) is 17.3 Å². The third-order valence-corrected chi connectivity index (χ3v) is 3.44. The summed E-state index contributed by atoms with van der Waals surface area (Å²) in [7, 11) is 3.07. The van der Waals surface area contributed by atoms with Crippen LogP contribution < -0.4 is 20.1 Å². The number of benzene rings is 1. The van der Waals surface area contributed by atoms with Gasteiger partial charge in [0.25, 0.3) is 5.91 Å². The number of methoxy groups -OCH3 is 2. The molecule has 1 aromatic carbocycles. The SMILES string of the molecule is COc1ccc(OC)c(NC(=O)c2cnc(Nc3cc(C)on3)nc2)c1. The van der Waals surface area contributed by atoms with E-state index in [1.807, 2.05) is 0 Å². The minimum absolute atomic E-state index is 0.289. The van der Waals surface area contributed by atoms with Crippen LogP contribution in [0.5, 0.6) is 11.5 Å². The molecule has 0 aliphatic rings. The van der Waals surface area contributed by atoms with E-state index in [1.165, 1.54) is 19.5 Å². The van der Waals surface area contributed by atoms with Crippen LogP contribution in [0.3, 0.4) is 0 Å². The first-order valence-electron chi connectivity index (χ1n) is 7.65. The Morgan fingerprint density at radius 3 is 2.50 bits per heavy atom. The van der Waals surface area contributed by atoms with Gasteiger partial charge in [-0.1, -0.05) is 5.16 Å². The molecule has 3 rings (SSSR count). The summed E-state index contributed by atoms with van der Waals surface area (Å²) in [4.78, 5) is 20.6. The van der Waals surface area contributed by atoms with Crippen LogP contribution in [-0.4, -0.2) is 35.3 Å². The molecule has 0 atom stereocenters. The fourth-order valence-electron chi connectivity index (χ4n) is 2.16. The second-order valence-electron chi connectivity index (χ2n) is 5.26. The zero-order chi connectivity index (χ0) is 18.5. The number of aryl methyl sites for hydroxylation is 1. The average molecular weight is 355 g/mol. The van der Waals surface area contributed by atoms with Crippen molar-refractivity contribution >= 4 is 23.4 Å². The Morgan fingerprint density at radius 1 is 1.12 bits per heavy atom. The van der Waals surface area contributed by atoms with Gasteiger partial charge in [-0.15, -0.1) is 0 Å². The molecule has 0 radical (unpaired) electrons. The summed E-state index contributed by atoms with van der Waals surface area (Å²) in [5.74, 6) is 2.19. The largest absolute Gasteiger partial charge is 0.497 e. The minimum Gasteiger partial charge on any atom is -0.497 e. The highest BCUT2D eigenvalue weighted by Crippen LogP contribution is 2.29. The first kappa shape index (κ1) is 17.2. The van der Waals surface area contributed by atoms with Crippen molar-refractivity contribution in [2.45, 2.75) is 6.92 Å². The number of amides is 1. The number of nitrogens with one attached hydrogen (secondary N) is 2. The standard InChI is InChI=1S/C17H17N5O4/c1-10-6-15(22-26-10)21-17-18-8-11(9-19-17)16(23)20-13-7-12(24-2)4-5-14(13)25-3/h4-9H,1-3H3,(H,20,23)(H,18,19,21,22). The number of hydrogen-bond acceptors (Lipinski definition) is 8. The quantitative estimate of drug-likeness (QED) is 0.694. The molecule has 3 aromatic rings. The van der Waals surface area contributed by atoms with Gasteiger partial charge in [-0.3, -0.25) is 4.79 Å². The summed E-state index contributed by atoms with van der Waals surface area (Å²) in [6, 6.07) is 6.82. The third kappa shape index (κ3) is 3.89. The molecule has 9 nitrogen and oxygen atoms in total. The van der Waals surface area contributed by atoms with Gasteiger partial charge >= 0.3 is 0 Å². The summed E-state index contributed by atoms with van der Waals surface area (Å²) < 4.78 is 15.4. The number of carbonyl (C=O) groups excluding carboxylic acids is 1. The van der Waals surface area contributed by atoms with E-state index in [1.54, 1.807) is 38.3 Å². The number of carbonyl (C=O) groups is 1. The highest BCUT2D eigenvalue weighted by Gasteiger charge is 2.12. The van der Waals surface area contributed by atoms with Gasteiger partial charge in [0.15, 0.2) is 5.82 Å². The van der Waals surface area contributed by atoms with E-state index in [-0.39, 0.29) is 11.5 Å². The normalized spacial score (nSPS) is 10.3. The molecule has 2 heterocycles. The van der Waals surface area contributed by atoms with Gasteiger partial charge in [-0.25, -0.2) is 9.97 Å². The maximum Gasteiger partial charge on any atom is 0.258 e. The van der Waals surface area contributed by atoms with Crippen LogP contribution in [0.25, 0.3) is 0 Å². The molecule has 0 aliphatic carbocycles. The lowest BCUT2D eigenvalue weighted by molar-refractivity contribution is 0.102. The van der Waals surface area contributed by atoms with Crippen LogP contribution >= 0.6 is 0 Å².